The van der Waals surface area contributed by atoms with Gasteiger partial charge in [-0.15, -0.1) is 0 Å². The quantitative estimate of drug-likeness (QED) is 0.303. The van der Waals surface area contributed by atoms with E-state index in [1.807, 2.05) is 74.2 Å². The summed E-state index contributed by atoms with van der Waals surface area (Å²) >= 11 is 0. The van der Waals surface area contributed by atoms with Gasteiger partial charge >= 0.3 is 12.1 Å². The molecule has 4 aromatic rings. The fraction of sp³-hybridized carbons (Fsp3) is 0.276. The Bertz CT molecular complexity index is 1460. The topological polar surface area (TPSA) is 80.5 Å². The number of anilines is 2. The van der Waals surface area contributed by atoms with Crippen molar-refractivity contribution < 1.29 is 27.2 Å². The van der Waals surface area contributed by atoms with Crippen LogP contribution in [-0.4, -0.2) is 27.7 Å². The minimum Gasteiger partial charge on any atom is -0.488 e. The van der Waals surface area contributed by atoms with Gasteiger partial charge in [0, 0.05) is 18.5 Å². The number of halogens is 3. The largest absolute Gasteiger partial charge is 0.488 e. The molecule has 5 rings (SSSR count). The van der Waals surface area contributed by atoms with Gasteiger partial charge < -0.3 is 19.5 Å². The van der Waals surface area contributed by atoms with Crippen LogP contribution < -0.4 is 15.0 Å². The number of para-hydroxylation sites is 2. The molecule has 1 aromatic heterocycles. The van der Waals surface area contributed by atoms with Gasteiger partial charge in [-0.3, -0.25) is 4.79 Å². The third kappa shape index (κ3) is 6.05. The summed E-state index contributed by atoms with van der Waals surface area (Å²) < 4.78 is 48.7. The second-order valence-electron chi connectivity index (χ2n) is 10.3. The molecule has 2 heterocycles. The van der Waals surface area contributed by atoms with Gasteiger partial charge in [-0.2, -0.15) is 18.2 Å². The van der Waals surface area contributed by atoms with Crippen LogP contribution in [0.4, 0.5) is 24.5 Å². The first-order valence-corrected chi connectivity index (χ1v) is 12.4. The lowest BCUT2D eigenvalue weighted by Gasteiger charge is -2.38. The van der Waals surface area contributed by atoms with Crippen molar-refractivity contribution >= 4 is 17.3 Å². The molecule has 0 bridgehead atoms. The van der Waals surface area contributed by atoms with Gasteiger partial charge in [0.15, 0.2) is 0 Å². The lowest BCUT2D eigenvalue weighted by Crippen LogP contribution is -2.49. The van der Waals surface area contributed by atoms with E-state index in [4.69, 9.17) is 4.74 Å². The Morgan fingerprint density at radius 3 is 2.26 bits per heavy atom. The smallest absolute Gasteiger partial charge is 0.471 e. The van der Waals surface area contributed by atoms with Crippen LogP contribution in [0.15, 0.2) is 77.3 Å². The molecule has 39 heavy (non-hydrogen) atoms. The van der Waals surface area contributed by atoms with Gasteiger partial charge in [-0.1, -0.05) is 53.7 Å². The first-order chi connectivity index (χ1) is 18.5. The number of carbonyl (C=O) groups excluding carboxylic acids is 1. The third-order valence-electron chi connectivity index (χ3n) is 6.16. The lowest BCUT2D eigenvalue weighted by atomic mass is 9.99. The summed E-state index contributed by atoms with van der Waals surface area (Å²) in [5.74, 6) is -0.899. The van der Waals surface area contributed by atoms with E-state index in [9.17, 15) is 18.0 Å². The highest BCUT2D eigenvalue weighted by Crippen LogP contribution is 2.35. The maximum atomic E-state index is 13.2. The third-order valence-corrected chi connectivity index (χ3v) is 6.16. The van der Waals surface area contributed by atoms with Crippen LogP contribution in [0.25, 0.3) is 11.4 Å². The molecule has 0 saturated carbocycles. The molecular formula is C29H27F3N4O3. The van der Waals surface area contributed by atoms with Crippen molar-refractivity contribution in [2.75, 3.05) is 10.2 Å². The summed E-state index contributed by atoms with van der Waals surface area (Å²) in [5, 5.41) is 6.45. The van der Waals surface area contributed by atoms with E-state index >= 15 is 0 Å². The van der Waals surface area contributed by atoms with E-state index in [0.717, 1.165) is 28.3 Å². The predicted octanol–water partition coefficient (Wildman–Crippen LogP) is 6.50. The predicted molar refractivity (Wildman–Crippen MR) is 140 cm³/mol. The molecule has 0 aliphatic carbocycles. The fourth-order valence-corrected chi connectivity index (χ4v) is 4.44. The van der Waals surface area contributed by atoms with Crippen LogP contribution in [0.3, 0.4) is 0 Å². The number of amides is 1. The highest BCUT2D eigenvalue weighted by atomic mass is 19.4. The standard InChI is InChI=1S/C29H27F3N4O3/c1-28(2,3)38-21-14-10-18(11-15-21)16-24-26(37)33-22-6-4-5-7-23(22)36(24)17-19-8-12-20(13-9-19)25-34-27(39-35-25)29(30,31)32/h4-15,24H,16-17H2,1-3H3,(H,33,37). The summed E-state index contributed by atoms with van der Waals surface area (Å²) in [4.78, 5) is 18.7. The highest BCUT2D eigenvalue weighted by Gasteiger charge is 2.38. The number of hydrogen-bond donors (Lipinski definition) is 1. The number of carbonyl (C=O) groups is 1. The van der Waals surface area contributed by atoms with Crippen LogP contribution >= 0.6 is 0 Å². The number of nitrogens with one attached hydrogen (secondary N) is 1. The average Bonchev–Trinajstić information content (AvgIpc) is 3.38. The van der Waals surface area contributed by atoms with E-state index < -0.39 is 18.1 Å². The van der Waals surface area contributed by atoms with Crippen molar-refractivity contribution in [1.82, 2.24) is 10.1 Å². The van der Waals surface area contributed by atoms with Gasteiger partial charge in [-0.05, 0) is 56.2 Å². The van der Waals surface area contributed by atoms with Gasteiger partial charge in [0.1, 0.15) is 17.4 Å². The van der Waals surface area contributed by atoms with E-state index in [1.165, 1.54) is 0 Å². The number of rotatable bonds is 6. The van der Waals surface area contributed by atoms with Crippen LogP contribution in [0.2, 0.25) is 0 Å². The average molecular weight is 537 g/mol. The molecule has 1 unspecified atom stereocenters. The Balaban J connectivity index is 1.38. The number of ether oxygens (including phenoxy) is 1. The molecule has 202 valence electrons. The number of alkyl halides is 3. The number of benzene rings is 3. The van der Waals surface area contributed by atoms with Crippen molar-refractivity contribution in [2.45, 2.75) is 51.6 Å². The van der Waals surface area contributed by atoms with Crippen molar-refractivity contribution in [2.24, 2.45) is 0 Å². The second kappa shape index (κ2) is 10.1. The summed E-state index contributed by atoms with van der Waals surface area (Å²) in [5.41, 5.74) is 3.52. The van der Waals surface area contributed by atoms with Crippen molar-refractivity contribution in [3.8, 4) is 17.1 Å². The van der Waals surface area contributed by atoms with E-state index in [-0.39, 0.29) is 17.3 Å². The second-order valence-corrected chi connectivity index (χ2v) is 10.3. The molecule has 3 aromatic carbocycles. The summed E-state index contributed by atoms with van der Waals surface area (Å²) in [7, 11) is 0. The van der Waals surface area contributed by atoms with E-state index in [2.05, 4.69) is 20.0 Å². The Morgan fingerprint density at radius 2 is 1.62 bits per heavy atom. The Morgan fingerprint density at radius 1 is 0.949 bits per heavy atom. The van der Waals surface area contributed by atoms with Gasteiger partial charge in [-0.25, -0.2) is 0 Å². The molecule has 0 saturated heterocycles. The van der Waals surface area contributed by atoms with Crippen LogP contribution in [0.1, 0.15) is 37.8 Å². The summed E-state index contributed by atoms with van der Waals surface area (Å²) in [6, 6.07) is 21.7. The SMILES string of the molecule is CC(C)(C)Oc1ccc(CC2C(=O)Nc3ccccc3N2Cc2ccc(-c3noc(C(F)(F)F)n3)cc2)cc1. The number of hydrogen-bond acceptors (Lipinski definition) is 6. The van der Waals surface area contributed by atoms with Gasteiger partial charge in [0.05, 0.1) is 11.4 Å². The molecule has 1 aliphatic rings. The first kappa shape index (κ1) is 26.3. The molecule has 10 heteroatoms. The first-order valence-electron chi connectivity index (χ1n) is 12.4. The fourth-order valence-electron chi connectivity index (χ4n) is 4.44. The number of aromatic nitrogens is 2. The molecule has 0 spiro atoms. The maximum Gasteiger partial charge on any atom is 0.471 e. The minimum atomic E-state index is -4.71. The van der Waals surface area contributed by atoms with Crippen molar-refractivity contribution in [3.63, 3.8) is 0 Å². The minimum absolute atomic E-state index is 0.119. The molecule has 0 radical (unpaired) electrons. The number of fused-ring (bicyclic) bond motifs is 1. The Labute approximate surface area is 223 Å². The lowest BCUT2D eigenvalue weighted by molar-refractivity contribution is -0.159. The zero-order valence-corrected chi connectivity index (χ0v) is 21.6. The number of nitrogens with zero attached hydrogens (tertiary/aromatic N) is 3. The molecule has 7 nitrogen and oxygen atoms in total. The zero-order chi connectivity index (χ0) is 27.8. The van der Waals surface area contributed by atoms with Gasteiger partial charge in [0.2, 0.25) is 11.7 Å². The molecular weight excluding hydrogens is 509 g/mol. The summed E-state index contributed by atoms with van der Waals surface area (Å²) in [6.07, 6.45) is -4.24. The molecule has 0 fully saturated rings. The van der Waals surface area contributed by atoms with Crippen molar-refractivity contribution in [1.29, 1.82) is 0 Å². The van der Waals surface area contributed by atoms with Crippen LogP contribution in [0.5, 0.6) is 5.75 Å². The van der Waals surface area contributed by atoms with Crippen molar-refractivity contribution in [3.05, 3.63) is 89.8 Å². The summed E-state index contributed by atoms with van der Waals surface area (Å²) in [6.45, 7) is 6.35. The maximum absolute atomic E-state index is 13.2. The monoisotopic (exact) mass is 536 g/mol. The van der Waals surface area contributed by atoms with E-state index in [0.29, 0.717) is 18.5 Å². The zero-order valence-electron chi connectivity index (χ0n) is 21.6. The Hall–Kier alpha value is -4.34. The highest BCUT2D eigenvalue weighted by molar-refractivity contribution is 6.03. The van der Waals surface area contributed by atoms with Gasteiger partial charge in [0.25, 0.3) is 0 Å². The van der Waals surface area contributed by atoms with Crippen LogP contribution in [-0.2, 0) is 23.9 Å². The normalized spacial score (nSPS) is 15.6. The molecule has 1 aliphatic heterocycles. The van der Waals surface area contributed by atoms with Crippen LogP contribution in [0, 0.1) is 0 Å². The molecule has 1 amide bonds. The molecule has 1 atom stereocenters. The molecule has 1 N–H and O–H groups in total. The Kier molecular flexibility index (Phi) is 6.80. The van der Waals surface area contributed by atoms with E-state index in [1.54, 1.807) is 24.3 Å².